The topological polar surface area (TPSA) is 84.2 Å². The number of hydrogen-bond donors (Lipinski definition) is 4. The summed E-state index contributed by atoms with van der Waals surface area (Å²) in [4.78, 5) is 24.2. The van der Waals surface area contributed by atoms with E-state index in [1.54, 1.807) is 0 Å². The molecule has 1 aliphatic carbocycles. The van der Waals surface area contributed by atoms with Gasteiger partial charge in [-0.25, -0.2) is 8.78 Å². The fourth-order valence-electron chi connectivity index (χ4n) is 4.44. The van der Waals surface area contributed by atoms with Gasteiger partial charge in [0.05, 0.1) is 5.41 Å². The smallest absolute Gasteiger partial charge is 0.235 e. The van der Waals surface area contributed by atoms with Crippen molar-refractivity contribution in [3.63, 3.8) is 0 Å². The first-order valence-corrected chi connectivity index (χ1v) is 10.4. The van der Waals surface area contributed by atoms with Gasteiger partial charge in [-0.3, -0.25) is 9.59 Å². The van der Waals surface area contributed by atoms with Crippen molar-refractivity contribution in [3.05, 3.63) is 53.1 Å². The zero-order valence-corrected chi connectivity index (χ0v) is 17.2. The van der Waals surface area contributed by atoms with Crippen LogP contribution < -0.4 is 16.4 Å². The molecule has 1 saturated heterocycles. The van der Waals surface area contributed by atoms with Crippen LogP contribution in [0.15, 0.2) is 35.2 Å². The predicted molar refractivity (Wildman–Crippen MR) is 114 cm³/mol. The molecule has 158 valence electrons. The summed E-state index contributed by atoms with van der Waals surface area (Å²) in [6, 6.07) is 7.10. The van der Waals surface area contributed by atoms with E-state index in [0.29, 0.717) is 18.7 Å². The summed E-state index contributed by atoms with van der Waals surface area (Å²) in [6.07, 6.45) is 4.26. The average Bonchev–Trinajstić information content (AvgIpc) is 2.97. The van der Waals surface area contributed by atoms with Crippen molar-refractivity contribution >= 4 is 35.8 Å². The number of hydrogen-bond acceptors (Lipinski definition) is 4. The minimum Gasteiger partial charge on any atom is -0.399 e. The van der Waals surface area contributed by atoms with Crippen LogP contribution in [0.5, 0.6) is 0 Å². The first kappa shape index (κ1) is 20.7. The number of carbonyl (C=O) groups is 2. The van der Waals surface area contributed by atoms with Crippen molar-refractivity contribution in [3.8, 4) is 0 Å². The Labute approximate surface area is 178 Å². The SMILES string of the molecule is Fc1ccc(S)c(F)c1.Nc1cc(C2CCNC(=O)C2)c2c(c1)C1(CCC1)C(=O)N2. The lowest BCUT2D eigenvalue weighted by Gasteiger charge is -2.36. The summed E-state index contributed by atoms with van der Waals surface area (Å²) in [5, 5.41) is 5.93. The molecule has 1 spiro atoms. The molecule has 2 aromatic carbocycles. The molecule has 0 radical (unpaired) electrons. The number of nitrogens with two attached hydrogens (primary N) is 1. The normalized spacial score (nSPS) is 21.1. The first-order chi connectivity index (χ1) is 14.3. The third-order valence-corrected chi connectivity index (χ3v) is 6.55. The van der Waals surface area contributed by atoms with Crippen molar-refractivity contribution < 1.29 is 18.4 Å². The second-order valence-corrected chi connectivity index (χ2v) is 8.54. The van der Waals surface area contributed by atoms with E-state index >= 15 is 0 Å². The van der Waals surface area contributed by atoms with Crippen LogP contribution in [0.2, 0.25) is 0 Å². The Morgan fingerprint density at radius 1 is 1.13 bits per heavy atom. The van der Waals surface area contributed by atoms with Gasteiger partial charge < -0.3 is 16.4 Å². The molecule has 3 aliphatic rings. The molecule has 1 atom stereocenters. The van der Waals surface area contributed by atoms with E-state index in [4.69, 9.17) is 5.73 Å². The van der Waals surface area contributed by atoms with Crippen LogP contribution in [0.25, 0.3) is 0 Å². The summed E-state index contributed by atoms with van der Waals surface area (Å²) >= 11 is 3.70. The van der Waals surface area contributed by atoms with Crippen molar-refractivity contribution in [2.45, 2.75) is 48.3 Å². The summed E-state index contributed by atoms with van der Waals surface area (Å²) in [6.45, 7) is 0.687. The minimum absolute atomic E-state index is 0.0742. The van der Waals surface area contributed by atoms with Crippen LogP contribution in [0.4, 0.5) is 20.2 Å². The highest BCUT2D eigenvalue weighted by Crippen LogP contribution is 2.53. The fourth-order valence-corrected chi connectivity index (χ4v) is 4.58. The van der Waals surface area contributed by atoms with Gasteiger partial charge in [0.25, 0.3) is 0 Å². The number of fused-ring (bicyclic) bond motifs is 2. The minimum atomic E-state index is -0.627. The van der Waals surface area contributed by atoms with Crippen molar-refractivity contribution in [2.75, 3.05) is 17.6 Å². The summed E-state index contributed by atoms with van der Waals surface area (Å²) in [5.41, 5.74) is 9.44. The quantitative estimate of drug-likeness (QED) is 0.408. The van der Waals surface area contributed by atoms with Crippen LogP contribution in [-0.2, 0) is 15.0 Å². The van der Waals surface area contributed by atoms with Crippen molar-refractivity contribution in [1.82, 2.24) is 5.32 Å². The van der Waals surface area contributed by atoms with E-state index in [9.17, 15) is 18.4 Å². The number of anilines is 2. The molecule has 5 nitrogen and oxygen atoms in total. The molecule has 1 saturated carbocycles. The van der Waals surface area contributed by atoms with Crippen LogP contribution in [-0.4, -0.2) is 18.4 Å². The lowest BCUT2D eigenvalue weighted by atomic mass is 9.65. The number of benzene rings is 2. The maximum Gasteiger partial charge on any atom is 0.235 e. The van der Waals surface area contributed by atoms with Gasteiger partial charge in [-0.2, -0.15) is 0 Å². The Morgan fingerprint density at radius 2 is 1.90 bits per heavy atom. The standard InChI is InChI=1S/C16H19N3O2.C6H4F2S/c17-10-7-11(9-2-5-18-13(20)6-9)14-12(8-10)16(3-1-4-16)15(21)19-14;7-4-1-2-6(9)5(8)3-4/h7-9H,1-6,17H2,(H,18,20)(H,19,21);1-3,9H. The number of thiol groups is 1. The first-order valence-electron chi connectivity index (χ1n) is 9.96. The molecular weight excluding hydrogens is 408 g/mol. The largest absolute Gasteiger partial charge is 0.399 e. The second-order valence-electron chi connectivity index (χ2n) is 8.06. The molecule has 1 unspecified atom stereocenters. The maximum atomic E-state index is 12.4. The van der Waals surface area contributed by atoms with Crippen LogP contribution >= 0.6 is 12.6 Å². The molecule has 0 aromatic heterocycles. The zero-order valence-electron chi connectivity index (χ0n) is 16.3. The number of rotatable bonds is 1. The number of halogens is 2. The van der Waals surface area contributed by atoms with Crippen molar-refractivity contribution in [1.29, 1.82) is 0 Å². The molecule has 4 N–H and O–H groups in total. The lowest BCUT2D eigenvalue weighted by molar-refractivity contribution is -0.123. The molecule has 2 aliphatic heterocycles. The molecule has 5 rings (SSSR count). The van der Waals surface area contributed by atoms with Crippen LogP contribution in [0, 0.1) is 11.6 Å². The zero-order chi connectivity index (χ0) is 21.5. The van der Waals surface area contributed by atoms with Crippen LogP contribution in [0.1, 0.15) is 49.1 Å². The molecule has 2 amide bonds. The number of nitrogens with one attached hydrogen (secondary N) is 2. The van der Waals surface area contributed by atoms with Gasteiger partial charge in [-0.05, 0) is 60.6 Å². The Morgan fingerprint density at radius 3 is 2.50 bits per heavy atom. The van der Waals surface area contributed by atoms with E-state index in [-0.39, 0.29) is 28.0 Å². The lowest BCUT2D eigenvalue weighted by Crippen LogP contribution is -2.40. The van der Waals surface area contributed by atoms with E-state index < -0.39 is 11.6 Å². The Kier molecular flexibility index (Phi) is 5.44. The highest BCUT2D eigenvalue weighted by atomic mass is 32.1. The Balaban J connectivity index is 0.000000204. The van der Waals surface area contributed by atoms with Gasteiger partial charge >= 0.3 is 0 Å². The average molecular weight is 432 g/mol. The second kappa shape index (κ2) is 7.91. The molecular formula is C22H23F2N3O2S. The van der Waals surface area contributed by atoms with E-state index in [2.05, 4.69) is 23.3 Å². The predicted octanol–water partition coefficient (Wildman–Crippen LogP) is 3.89. The third-order valence-electron chi connectivity index (χ3n) is 6.18. The third kappa shape index (κ3) is 3.64. The highest BCUT2D eigenvalue weighted by molar-refractivity contribution is 7.80. The highest BCUT2D eigenvalue weighted by Gasteiger charge is 2.52. The van der Waals surface area contributed by atoms with Gasteiger partial charge in [0.1, 0.15) is 11.6 Å². The number of nitrogen functional groups attached to an aromatic ring is 1. The molecule has 2 aromatic rings. The van der Waals surface area contributed by atoms with Crippen molar-refractivity contribution in [2.24, 2.45) is 0 Å². The monoisotopic (exact) mass is 431 g/mol. The fraction of sp³-hybridized carbons (Fsp3) is 0.364. The Bertz CT molecular complexity index is 1020. The molecule has 2 fully saturated rings. The van der Waals surface area contributed by atoms with Gasteiger partial charge in [-0.15, -0.1) is 12.6 Å². The van der Waals surface area contributed by atoms with E-state index in [1.165, 1.54) is 6.07 Å². The maximum absolute atomic E-state index is 12.4. The summed E-state index contributed by atoms with van der Waals surface area (Å²) in [5.74, 6) is -0.879. The van der Waals surface area contributed by atoms with Gasteiger partial charge in [-0.1, -0.05) is 6.42 Å². The molecule has 2 heterocycles. The number of amides is 2. The van der Waals surface area contributed by atoms with E-state index in [1.807, 2.05) is 12.1 Å². The van der Waals surface area contributed by atoms with Crippen LogP contribution in [0.3, 0.4) is 0 Å². The summed E-state index contributed by atoms with van der Waals surface area (Å²) < 4.78 is 24.3. The molecule has 30 heavy (non-hydrogen) atoms. The molecule has 8 heteroatoms. The van der Waals surface area contributed by atoms with Gasteiger partial charge in [0.2, 0.25) is 11.8 Å². The van der Waals surface area contributed by atoms with Gasteiger partial charge in [0, 0.05) is 35.3 Å². The van der Waals surface area contributed by atoms with E-state index in [0.717, 1.165) is 54.6 Å². The molecule has 0 bridgehead atoms. The number of carbonyl (C=O) groups excluding carboxylic acids is 2. The van der Waals surface area contributed by atoms with Gasteiger partial charge in [0.15, 0.2) is 0 Å². The Hall–Kier alpha value is -2.61. The summed E-state index contributed by atoms with van der Waals surface area (Å²) in [7, 11) is 0. The number of piperidine rings is 1.